The average Bonchev–Trinajstić information content (AvgIpc) is 3.74. The van der Waals surface area contributed by atoms with Gasteiger partial charge in [-0.2, -0.15) is 0 Å². The van der Waals surface area contributed by atoms with E-state index in [1.807, 2.05) is 0 Å². The van der Waals surface area contributed by atoms with Crippen LogP contribution in [-0.4, -0.2) is 11.3 Å². The third-order valence-electron chi connectivity index (χ3n) is 16.0. The van der Waals surface area contributed by atoms with Crippen LogP contribution in [0.1, 0.15) is 105 Å². The Bertz CT molecular complexity index is 3550. The van der Waals surface area contributed by atoms with Crippen LogP contribution in [0.2, 0.25) is 0 Å². The van der Waals surface area contributed by atoms with Gasteiger partial charge in [0.2, 0.25) is 0 Å². The number of benzene rings is 9. The fourth-order valence-corrected chi connectivity index (χ4v) is 11.7. The predicted octanol–water partition coefficient (Wildman–Crippen LogP) is 17.4. The van der Waals surface area contributed by atoms with Crippen LogP contribution in [-0.2, 0) is 21.7 Å². The molecule has 0 aliphatic carbocycles. The van der Waals surface area contributed by atoms with Crippen LogP contribution >= 0.6 is 0 Å². The SMILES string of the molecule is CC(C)(C)c1ccc(N2c3ccc(C(C)(C)C)cc3B3c4cc(C(C)(C)C)ccc4N(c4ccc(C(C)(C)C)cc4)c4cc(-n5c6cc(-c7ccccc7)ccc6c6ccc(-c7ccccc7)cc65)cc2c43)cc1. The largest absolute Gasteiger partial charge is 0.311 e. The van der Waals surface area contributed by atoms with Crippen molar-refractivity contribution in [2.45, 2.75) is 105 Å². The van der Waals surface area contributed by atoms with Gasteiger partial charge < -0.3 is 14.4 Å². The van der Waals surface area contributed by atoms with Crippen molar-refractivity contribution in [1.82, 2.24) is 4.57 Å². The third-order valence-corrected chi connectivity index (χ3v) is 16.0. The van der Waals surface area contributed by atoms with E-state index in [-0.39, 0.29) is 28.4 Å². The number of hydrogen-bond acceptors (Lipinski definition) is 2. The molecule has 0 spiro atoms. The highest BCUT2D eigenvalue weighted by Crippen LogP contribution is 2.48. The first-order valence-corrected chi connectivity index (χ1v) is 26.7. The van der Waals surface area contributed by atoms with Crippen molar-refractivity contribution in [3.8, 4) is 27.9 Å². The van der Waals surface area contributed by atoms with E-state index in [0.717, 1.165) is 17.1 Å². The molecule has 366 valence electrons. The first-order valence-electron chi connectivity index (χ1n) is 26.7. The van der Waals surface area contributed by atoms with Crippen molar-refractivity contribution in [2.75, 3.05) is 9.80 Å². The molecule has 2 aliphatic rings. The Morgan fingerprint density at radius 1 is 0.297 bits per heavy atom. The maximum absolute atomic E-state index is 2.59. The first-order chi connectivity index (χ1) is 35.2. The van der Waals surface area contributed by atoms with Gasteiger partial charge in [0, 0.05) is 44.9 Å². The maximum atomic E-state index is 2.59. The number of aromatic nitrogens is 1. The lowest BCUT2D eigenvalue weighted by Crippen LogP contribution is -2.61. The number of hydrogen-bond donors (Lipinski definition) is 0. The molecule has 0 saturated carbocycles. The summed E-state index contributed by atoms with van der Waals surface area (Å²) < 4.78 is 2.56. The Kier molecular flexibility index (Phi) is 10.9. The number of anilines is 6. The summed E-state index contributed by atoms with van der Waals surface area (Å²) in [5.41, 5.74) is 24.6. The van der Waals surface area contributed by atoms with Crippen LogP contribution in [0.15, 0.2) is 194 Å². The highest BCUT2D eigenvalue weighted by Gasteiger charge is 2.45. The van der Waals surface area contributed by atoms with Crippen molar-refractivity contribution in [3.05, 3.63) is 216 Å². The van der Waals surface area contributed by atoms with Crippen molar-refractivity contribution < 1.29 is 0 Å². The van der Waals surface area contributed by atoms with Gasteiger partial charge in [-0.15, -0.1) is 0 Å². The summed E-state index contributed by atoms with van der Waals surface area (Å²) in [6.45, 7) is 27.9. The summed E-state index contributed by atoms with van der Waals surface area (Å²) in [4.78, 5) is 5.18. The van der Waals surface area contributed by atoms with Gasteiger partial charge in [-0.1, -0.05) is 217 Å². The second kappa shape index (κ2) is 17.0. The minimum Gasteiger partial charge on any atom is -0.311 e. The smallest absolute Gasteiger partial charge is 0.252 e. The van der Waals surface area contributed by atoms with Crippen LogP contribution in [0.25, 0.3) is 49.7 Å². The fraction of sp³-hybridized carbons (Fsp3) is 0.229. The molecule has 0 saturated heterocycles. The zero-order valence-corrected chi connectivity index (χ0v) is 45.4. The van der Waals surface area contributed by atoms with Crippen molar-refractivity contribution in [2.24, 2.45) is 0 Å². The topological polar surface area (TPSA) is 11.4 Å². The summed E-state index contributed by atoms with van der Waals surface area (Å²) in [5, 5.41) is 2.46. The zero-order valence-electron chi connectivity index (χ0n) is 45.4. The van der Waals surface area contributed by atoms with Crippen molar-refractivity contribution in [3.63, 3.8) is 0 Å². The highest BCUT2D eigenvalue weighted by molar-refractivity contribution is 7.00. The second-order valence-corrected chi connectivity index (χ2v) is 25.2. The summed E-state index contributed by atoms with van der Waals surface area (Å²) in [6, 6.07) is 74.3. The van der Waals surface area contributed by atoms with E-state index in [2.05, 4.69) is 292 Å². The average molecular weight is 962 g/mol. The molecule has 3 nitrogen and oxygen atoms in total. The number of nitrogens with zero attached hydrogens (tertiary/aromatic N) is 3. The molecule has 0 bridgehead atoms. The van der Waals surface area contributed by atoms with Gasteiger partial charge in [-0.3, -0.25) is 0 Å². The lowest BCUT2D eigenvalue weighted by molar-refractivity contribution is 0.590. The van der Waals surface area contributed by atoms with Gasteiger partial charge in [-0.05, 0) is 143 Å². The molecule has 3 heterocycles. The standard InChI is InChI=1S/C70H68BN3/c1-67(2,3)49-25-31-53(32-26-49)72-60-37-29-51(69(7,8)9)41-58(60)71-59-42-52(70(10,11)12)30-38-61(59)73(54-33-27-50(28-34-54)68(4,5)6)65-44-55(43-64(72)66(65)71)74-62-39-47(45-19-15-13-16-20-45)23-35-56(62)57-36-24-48(40-63(57)74)46-21-17-14-18-22-46/h13-44H,1-12H3. The van der Waals surface area contributed by atoms with E-state index in [1.165, 1.54) is 105 Å². The molecule has 74 heavy (non-hydrogen) atoms. The molecule has 12 rings (SSSR count). The summed E-state index contributed by atoms with van der Waals surface area (Å²) in [7, 11) is 0. The Morgan fingerprint density at radius 2 is 0.662 bits per heavy atom. The maximum Gasteiger partial charge on any atom is 0.252 e. The first kappa shape index (κ1) is 47.4. The molecule has 10 aromatic rings. The van der Waals surface area contributed by atoms with E-state index < -0.39 is 0 Å². The molecular weight excluding hydrogens is 894 g/mol. The minimum atomic E-state index is -0.0550. The molecule has 0 unspecified atom stereocenters. The van der Waals surface area contributed by atoms with Crippen LogP contribution in [0.3, 0.4) is 0 Å². The molecule has 1 aromatic heterocycles. The molecule has 0 N–H and O–H groups in total. The van der Waals surface area contributed by atoms with Crippen LogP contribution < -0.4 is 26.2 Å². The van der Waals surface area contributed by atoms with Crippen LogP contribution in [0.4, 0.5) is 34.1 Å². The van der Waals surface area contributed by atoms with Gasteiger partial charge in [0.25, 0.3) is 6.71 Å². The van der Waals surface area contributed by atoms with E-state index in [4.69, 9.17) is 0 Å². The molecular formula is C70H68BN3. The van der Waals surface area contributed by atoms with E-state index in [1.54, 1.807) is 0 Å². The summed E-state index contributed by atoms with van der Waals surface area (Å²) in [6.07, 6.45) is 0. The normalized spacial score (nSPS) is 13.6. The third kappa shape index (κ3) is 7.97. The minimum absolute atomic E-state index is 0.00930. The van der Waals surface area contributed by atoms with Crippen molar-refractivity contribution >= 4 is 79.0 Å². The van der Waals surface area contributed by atoms with Crippen molar-refractivity contribution in [1.29, 1.82) is 0 Å². The van der Waals surface area contributed by atoms with Crippen LogP contribution in [0, 0.1) is 0 Å². The van der Waals surface area contributed by atoms with Gasteiger partial charge in [0.15, 0.2) is 0 Å². The Balaban J connectivity index is 1.24. The van der Waals surface area contributed by atoms with Gasteiger partial charge in [0.1, 0.15) is 0 Å². The van der Waals surface area contributed by atoms with Gasteiger partial charge in [0.05, 0.1) is 16.7 Å². The number of rotatable bonds is 5. The van der Waals surface area contributed by atoms with Gasteiger partial charge in [-0.25, -0.2) is 0 Å². The van der Waals surface area contributed by atoms with E-state index >= 15 is 0 Å². The summed E-state index contributed by atoms with van der Waals surface area (Å²) in [5.74, 6) is 0. The highest BCUT2D eigenvalue weighted by atomic mass is 15.2. The molecule has 2 aliphatic heterocycles. The monoisotopic (exact) mass is 962 g/mol. The molecule has 0 radical (unpaired) electrons. The zero-order chi connectivity index (χ0) is 51.6. The fourth-order valence-electron chi connectivity index (χ4n) is 11.7. The molecule has 0 fully saturated rings. The molecule has 0 amide bonds. The second-order valence-electron chi connectivity index (χ2n) is 25.2. The van der Waals surface area contributed by atoms with Gasteiger partial charge >= 0.3 is 0 Å². The molecule has 9 aromatic carbocycles. The predicted molar refractivity (Wildman–Crippen MR) is 320 cm³/mol. The lowest BCUT2D eigenvalue weighted by atomic mass is 9.33. The molecule has 0 atom stereocenters. The Morgan fingerprint density at radius 3 is 1.03 bits per heavy atom. The lowest BCUT2D eigenvalue weighted by Gasteiger charge is -2.45. The van der Waals surface area contributed by atoms with Crippen LogP contribution in [0.5, 0.6) is 0 Å². The molecule has 4 heteroatoms. The Labute approximate surface area is 440 Å². The quantitative estimate of drug-likeness (QED) is 0.159. The number of fused-ring (bicyclic) bond motifs is 7. The van der Waals surface area contributed by atoms with E-state index in [0.29, 0.717) is 0 Å². The summed E-state index contributed by atoms with van der Waals surface area (Å²) >= 11 is 0. The van der Waals surface area contributed by atoms with E-state index in [9.17, 15) is 0 Å². The Hall–Kier alpha value is -7.56.